The fraction of sp³-hybridized carbons (Fsp3) is 0.0714. The summed E-state index contributed by atoms with van der Waals surface area (Å²) in [7, 11) is -3.72. The van der Waals surface area contributed by atoms with Gasteiger partial charge in [0.2, 0.25) is 0 Å². The molecule has 1 aliphatic heterocycles. The molecule has 0 fully saturated rings. The van der Waals surface area contributed by atoms with Crippen molar-refractivity contribution in [2.24, 2.45) is 0 Å². The molecule has 2 N–H and O–H groups in total. The van der Waals surface area contributed by atoms with Crippen LogP contribution in [0.25, 0.3) is 22.0 Å². The highest BCUT2D eigenvalue weighted by atomic mass is 32.2. The number of anilines is 1. The van der Waals surface area contributed by atoms with E-state index in [1.165, 1.54) is 0 Å². The first-order valence-corrected chi connectivity index (χ1v) is 12.5. The number of nitrogens with one attached hydrogen (secondary N) is 2. The zero-order chi connectivity index (χ0) is 23.3. The average Bonchev–Trinajstić information content (AvgIpc) is 3.22. The van der Waals surface area contributed by atoms with Gasteiger partial charge in [0.15, 0.2) is 0 Å². The Bertz CT molecular complexity index is 1620. The quantitative estimate of drug-likeness (QED) is 0.321. The lowest BCUT2D eigenvalue weighted by Gasteiger charge is -2.20. The first-order chi connectivity index (χ1) is 16.5. The van der Waals surface area contributed by atoms with Gasteiger partial charge in [0, 0.05) is 39.5 Å². The van der Waals surface area contributed by atoms with Gasteiger partial charge < -0.3 is 9.72 Å². The van der Waals surface area contributed by atoms with Crippen molar-refractivity contribution in [1.29, 1.82) is 0 Å². The Hall–Kier alpha value is -4.03. The molecule has 0 saturated heterocycles. The lowest BCUT2D eigenvalue weighted by molar-refractivity contribution is 0.251. The van der Waals surface area contributed by atoms with Crippen LogP contribution in [-0.4, -0.2) is 13.4 Å². The van der Waals surface area contributed by atoms with Crippen molar-refractivity contribution < 1.29 is 13.2 Å². The summed E-state index contributed by atoms with van der Waals surface area (Å²) in [5, 5.41) is 1.08. The molecule has 1 aromatic heterocycles. The molecule has 0 saturated carbocycles. The van der Waals surface area contributed by atoms with Crippen LogP contribution in [0.3, 0.4) is 0 Å². The van der Waals surface area contributed by atoms with Crippen molar-refractivity contribution in [2.45, 2.75) is 17.9 Å². The van der Waals surface area contributed by atoms with Gasteiger partial charge in [-0.15, -0.1) is 0 Å². The topological polar surface area (TPSA) is 71.2 Å². The molecule has 0 amide bonds. The number of benzene rings is 4. The second-order valence-corrected chi connectivity index (χ2v) is 10.2. The molecule has 6 heteroatoms. The van der Waals surface area contributed by atoms with E-state index in [9.17, 15) is 8.42 Å². The molecule has 5 nitrogen and oxygen atoms in total. The van der Waals surface area contributed by atoms with Crippen molar-refractivity contribution in [3.8, 4) is 16.9 Å². The monoisotopic (exact) mass is 466 g/mol. The lowest BCUT2D eigenvalue weighted by atomic mass is 9.95. The van der Waals surface area contributed by atoms with Crippen LogP contribution in [0.1, 0.15) is 22.8 Å². The van der Waals surface area contributed by atoms with Crippen molar-refractivity contribution >= 4 is 26.6 Å². The van der Waals surface area contributed by atoms with E-state index in [0.717, 1.165) is 38.7 Å². The number of ether oxygens (including phenoxy) is 1. The molecule has 1 aliphatic rings. The molecule has 6 rings (SSSR count). The lowest BCUT2D eigenvalue weighted by Crippen LogP contribution is -2.13. The maximum atomic E-state index is 13.0. The predicted molar refractivity (Wildman–Crippen MR) is 135 cm³/mol. The minimum absolute atomic E-state index is 0.225. The Balaban J connectivity index is 1.47. The molecule has 5 aromatic rings. The Morgan fingerprint density at radius 1 is 0.853 bits per heavy atom. The van der Waals surface area contributed by atoms with Gasteiger partial charge in [-0.05, 0) is 48.9 Å². The average molecular weight is 467 g/mol. The summed E-state index contributed by atoms with van der Waals surface area (Å²) in [5.74, 6) is 0.698. The summed E-state index contributed by atoms with van der Waals surface area (Å²) in [4.78, 5) is 3.59. The normalized spacial score (nSPS) is 14.8. The molecule has 0 aliphatic carbocycles. The number of sulfonamides is 1. The van der Waals surface area contributed by atoms with Crippen LogP contribution in [0.2, 0.25) is 0 Å². The van der Waals surface area contributed by atoms with Crippen LogP contribution in [0.15, 0.2) is 102 Å². The van der Waals surface area contributed by atoms with Crippen molar-refractivity contribution in [3.63, 3.8) is 0 Å². The highest BCUT2D eigenvalue weighted by Gasteiger charge is 2.27. The maximum Gasteiger partial charge on any atom is 0.261 e. The molecule has 0 bridgehead atoms. The van der Waals surface area contributed by atoms with Crippen LogP contribution in [0.4, 0.5) is 5.69 Å². The minimum atomic E-state index is -3.72. The van der Waals surface area contributed by atoms with Gasteiger partial charge >= 0.3 is 0 Å². The summed E-state index contributed by atoms with van der Waals surface area (Å²) >= 11 is 0. The van der Waals surface area contributed by atoms with E-state index >= 15 is 0 Å². The number of aromatic nitrogens is 1. The Labute approximate surface area is 198 Å². The number of aryl methyl sites for hydroxylation is 1. The fourth-order valence-corrected chi connectivity index (χ4v) is 5.60. The molecule has 168 valence electrons. The second kappa shape index (κ2) is 7.78. The summed E-state index contributed by atoms with van der Waals surface area (Å²) in [6.45, 7) is 1.93. The smallest absolute Gasteiger partial charge is 0.261 e. The second-order valence-electron chi connectivity index (χ2n) is 8.51. The van der Waals surface area contributed by atoms with Crippen LogP contribution >= 0.6 is 0 Å². The summed E-state index contributed by atoms with van der Waals surface area (Å²) < 4.78 is 35.2. The SMILES string of the molecule is Cc1ccc(S(=O)(=O)Nc2ccc3c(c2)-c2c[nH]c4cccc(c24)C(c2ccccc2)O3)cc1. The first kappa shape index (κ1) is 20.6. The van der Waals surface area contributed by atoms with E-state index in [4.69, 9.17) is 4.74 Å². The molecule has 4 aromatic carbocycles. The van der Waals surface area contributed by atoms with Gasteiger partial charge in [-0.25, -0.2) is 8.42 Å². The molecule has 1 atom stereocenters. The maximum absolute atomic E-state index is 13.0. The van der Waals surface area contributed by atoms with Gasteiger partial charge in [-0.3, -0.25) is 4.72 Å². The molecule has 0 radical (unpaired) electrons. The largest absolute Gasteiger partial charge is 0.480 e. The van der Waals surface area contributed by atoms with Crippen LogP contribution < -0.4 is 9.46 Å². The van der Waals surface area contributed by atoms with E-state index in [-0.39, 0.29) is 11.0 Å². The van der Waals surface area contributed by atoms with E-state index in [1.807, 2.05) is 55.6 Å². The van der Waals surface area contributed by atoms with Gasteiger partial charge in [-0.1, -0.05) is 60.2 Å². The predicted octanol–water partition coefficient (Wildman–Crippen LogP) is 6.43. The Morgan fingerprint density at radius 2 is 1.65 bits per heavy atom. The zero-order valence-electron chi connectivity index (χ0n) is 18.4. The van der Waals surface area contributed by atoms with Gasteiger partial charge in [0.25, 0.3) is 10.0 Å². The number of fused-ring (bicyclic) bond motifs is 2. The van der Waals surface area contributed by atoms with Gasteiger partial charge in [0.05, 0.1) is 4.90 Å². The van der Waals surface area contributed by atoms with E-state index in [1.54, 1.807) is 30.3 Å². The fourth-order valence-electron chi connectivity index (χ4n) is 4.55. The van der Waals surface area contributed by atoms with Gasteiger partial charge in [-0.2, -0.15) is 0 Å². The third kappa shape index (κ3) is 3.43. The molecule has 1 unspecified atom stereocenters. The van der Waals surface area contributed by atoms with Gasteiger partial charge in [0.1, 0.15) is 11.9 Å². The number of rotatable bonds is 4. The summed E-state index contributed by atoms with van der Waals surface area (Å²) in [5.41, 5.74) is 6.43. The minimum Gasteiger partial charge on any atom is -0.480 e. The standard InChI is InChI=1S/C28H22N2O3S/c1-18-10-13-21(14-11-18)34(31,32)30-20-12-15-26-23(16-20)24-17-29-25-9-5-8-22(27(24)25)28(33-26)19-6-3-2-4-7-19/h2-17,28-30H,1H3. The third-order valence-corrected chi connectivity index (χ3v) is 7.62. The molecule has 2 heterocycles. The van der Waals surface area contributed by atoms with E-state index in [0.29, 0.717) is 11.4 Å². The zero-order valence-corrected chi connectivity index (χ0v) is 19.3. The number of hydrogen-bond donors (Lipinski definition) is 2. The Morgan fingerprint density at radius 3 is 2.44 bits per heavy atom. The van der Waals surface area contributed by atoms with Crippen molar-refractivity contribution in [3.05, 3.63) is 114 Å². The highest BCUT2D eigenvalue weighted by Crippen LogP contribution is 2.46. The highest BCUT2D eigenvalue weighted by molar-refractivity contribution is 7.92. The van der Waals surface area contributed by atoms with E-state index in [2.05, 4.69) is 27.9 Å². The molecule has 0 spiro atoms. The van der Waals surface area contributed by atoms with Crippen molar-refractivity contribution in [2.75, 3.05) is 4.72 Å². The molecule has 34 heavy (non-hydrogen) atoms. The first-order valence-electron chi connectivity index (χ1n) is 11.1. The third-order valence-electron chi connectivity index (χ3n) is 6.22. The number of H-pyrrole nitrogens is 1. The van der Waals surface area contributed by atoms with Crippen LogP contribution in [0.5, 0.6) is 5.75 Å². The van der Waals surface area contributed by atoms with Crippen LogP contribution in [-0.2, 0) is 10.0 Å². The van der Waals surface area contributed by atoms with Crippen LogP contribution in [0, 0.1) is 6.92 Å². The molecular formula is C28H22N2O3S. The number of aromatic amines is 1. The Kier molecular flexibility index (Phi) is 4.71. The summed E-state index contributed by atoms with van der Waals surface area (Å²) in [6.07, 6.45) is 1.68. The van der Waals surface area contributed by atoms with Crippen molar-refractivity contribution in [1.82, 2.24) is 4.98 Å². The van der Waals surface area contributed by atoms with E-state index < -0.39 is 10.0 Å². The number of hydrogen-bond acceptors (Lipinski definition) is 3. The molecular weight excluding hydrogens is 444 g/mol. The summed E-state index contributed by atoms with van der Waals surface area (Å²) in [6, 6.07) is 28.5.